The van der Waals surface area contributed by atoms with Crippen LogP contribution in [0.3, 0.4) is 0 Å². The zero-order chi connectivity index (χ0) is 21.9. The second-order valence-corrected chi connectivity index (χ2v) is 10.6. The summed E-state index contributed by atoms with van der Waals surface area (Å²) in [5, 5.41) is 13.4. The molecule has 0 unspecified atom stereocenters. The molecule has 0 radical (unpaired) electrons. The minimum atomic E-state index is -3.74. The van der Waals surface area contributed by atoms with Crippen molar-refractivity contribution in [3.63, 3.8) is 0 Å². The number of fused-ring (bicyclic) bond motifs is 3. The number of sulfonamides is 1. The number of rotatable bonds is 5. The van der Waals surface area contributed by atoms with Crippen LogP contribution >= 0.6 is 0 Å². The Balaban J connectivity index is 1.50. The lowest BCUT2D eigenvalue weighted by Gasteiger charge is -2.28. The standard InChI is InChI=1S/C21H23N7O2S/c1-14-2-3-15(10-16(14)17-11-24-19-18(23)25-13-26-28(17)19)31(29,30)27-21-6-4-20(12-21,5-7-21)8-9-22/h2-3,10-11,13,27H,4-8,12H2,1H3,(H2,23,25,26). The summed E-state index contributed by atoms with van der Waals surface area (Å²) in [5.74, 6) is 0.256. The Morgan fingerprint density at radius 2 is 2.03 bits per heavy atom. The van der Waals surface area contributed by atoms with Gasteiger partial charge in [-0.15, -0.1) is 0 Å². The number of aryl methyl sites for hydroxylation is 1. The van der Waals surface area contributed by atoms with Crippen molar-refractivity contribution >= 4 is 21.5 Å². The van der Waals surface area contributed by atoms with Gasteiger partial charge in [0.15, 0.2) is 11.5 Å². The molecule has 2 aliphatic carbocycles. The fourth-order valence-corrected chi connectivity index (χ4v) is 6.77. The molecular weight excluding hydrogens is 414 g/mol. The number of nitrogens with zero attached hydrogens (tertiary/aromatic N) is 5. The third-order valence-corrected chi connectivity index (χ3v) is 8.49. The number of aromatic nitrogens is 4. The van der Waals surface area contributed by atoms with Crippen molar-refractivity contribution in [2.45, 2.75) is 55.9 Å². The fourth-order valence-electron chi connectivity index (χ4n) is 5.28. The van der Waals surface area contributed by atoms with Gasteiger partial charge in [0.25, 0.3) is 0 Å². The van der Waals surface area contributed by atoms with E-state index in [1.807, 2.05) is 6.92 Å². The van der Waals surface area contributed by atoms with Crippen LogP contribution in [0.25, 0.3) is 16.9 Å². The summed E-state index contributed by atoms with van der Waals surface area (Å²) in [5.41, 5.74) is 8.07. The topological polar surface area (TPSA) is 139 Å². The van der Waals surface area contributed by atoms with Gasteiger partial charge in [0.05, 0.1) is 22.9 Å². The number of nitrogen functional groups attached to an aromatic ring is 1. The lowest BCUT2D eigenvalue weighted by molar-refractivity contribution is 0.298. The zero-order valence-corrected chi connectivity index (χ0v) is 18.0. The number of nitrogens with two attached hydrogens (primary N) is 1. The first kappa shape index (κ1) is 19.9. The quantitative estimate of drug-likeness (QED) is 0.625. The maximum absolute atomic E-state index is 13.3. The molecule has 2 saturated carbocycles. The summed E-state index contributed by atoms with van der Waals surface area (Å²) < 4.78 is 31.2. The molecule has 2 heterocycles. The number of nitrogens with one attached hydrogen (secondary N) is 1. The van der Waals surface area contributed by atoms with Crippen molar-refractivity contribution in [3.8, 4) is 17.3 Å². The highest BCUT2D eigenvalue weighted by Crippen LogP contribution is 2.58. The SMILES string of the molecule is Cc1ccc(S(=O)(=O)NC23CCC(CC#N)(CC2)C3)cc1-c1cnc2c(N)ncnn12. The van der Waals surface area contributed by atoms with Gasteiger partial charge in [0.2, 0.25) is 10.0 Å². The Hall–Kier alpha value is -3.03. The van der Waals surface area contributed by atoms with Crippen molar-refractivity contribution in [1.82, 2.24) is 24.3 Å². The number of imidazole rings is 1. The largest absolute Gasteiger partial charge is 0.381 e. The van der Waals surface area contributed by atoms with E-state index >= 15 is 0 Å². The first-order valence-corrected chi connectivity index (χ1v) is 11.7. The van der Waals surface area contributed by atoms with Gasteiger partial charge in [-0.2, -0.15) is 10.4 Å². The Labute approximate surface area is 180 Å². The van der Waals surface area contributed by atoms with Gasteiger partial charge in [0.1, 0.15) is 6.33 Å². The van der Waals surface area contributed by atoms with Crippen LogP contribution in [0.15, 0.2) is 35.6 Å². The molecule has 10 heteroatoms. The van der Waals surface area contributed by atoms with Gasteiger partial charge < -0.3 is 5.73 Å². The lowest BCUT2D eigenvalue weighted by atomic mass is 9.82. The van der Waals surface area contributed by atoms with E-state index in [2.05, 4.69) is 25.9 Å². The Bertz CT molecular complexity index is 1330. The minimum Gasteiger partial charge on any atom is -0.381 e. The Morgan fingerprint density at radius 1 is 1.26 bits per heavy atom. The molecule has 0 aliphatic heterocycles. The fraction of sp³-hybridized carbons (Fsp3) is 0.429. The number of hydrogen-bond acceptors (Lipinski definition) is 7. The highest BCUT2D eigenvalue weighted by Gasteiger charge is 2.55. The van der Waals surface area contributed by atoms with Gasteiger partial charge in [-0.1, -0.05) is 6.07 Å². The molecule has 2 fully saturated rings. The van der Waals surface area contributed by atoms with E-state index in [0.29, 0.717) is 23.3 Å². The second kappa shape index (κ2) is 6.73. The number of nitriles is 1. The molecular formula is C21H23N7O2S. The lowest BCUT2D eigenvalue weighted by Crippen LogP contribution is -2.44. The van der Waals surface area contributed by atoms with Crippen LogP contribution in [0, 0.1) is 23.7 Å². The minimum absolute atomic E-state index is 0.0359. The molecule has 0 spiro atoms. The van der Waals surface area contributed by atoms with E-state index in [9.17, 15) is 8.42 Å². The molecule has 0 saturated heterocycles. The number of benzene rings is 1. The van der Waals surface area contributed by atoms with Crippen molar-refractivity contribution < 1.29 is 8.42 Å². The second-order valence-electron chi connectivity index (χ2n) is 8.90. The van der Waals surface area contributed by atoms with Crippen LogP contribution in [0.5, 0.6) is 0 Å². The zero-order valence-electron chi connectivity index (χ0n) is 17.2. The van der Waals surface area contributed by atoms with E-state index < -0.39 is 15.6 Å². The van der Waals surface area contributed by atoms with Crippen LogP contribution in [0.1, 0.15) is 44.1 Å². The average Bonchev–Trinajstić information content (AvgIpc) is 3.40. The molecule has 3 aromatic rings. The number of anilines is 1. The summed E-state index contributed by atoms with van der Waals surface area (Å²) in [6, 6.07) is 7.35. The van der Waals surface area contributed by atoms with Crippen LogP contribution in [0.4, 0.5) is 5.82 Å². The van der Waals surface area contributed by atoms with Gasteiger partial charge >= 0.3 is 0 Å². The summed E-state index contributed by atoms with van der Waals surface area (Å²) in [6.07, 6.45) is 7.52. The first-order chi connectivity index (χ1) is 14.8. The van der Waals surface area contributed by atoms with Crippen LogP contribution in [-0.4, -0.2) is 33.5 Å². The maximum atomic E-state index is 13.3. The van der Waals surface area contributed by atoms with E-state index in [1.54, 1.807) is 28.9 Å². The van der Waals surface area contributed by atoms with Gasteiger partial charge in [0, 0.05) is 17.5 Å². The summed E-state index contributed by atoms with van der Waals surface area (Å²) in [6.45, 7) is 1.91. The average molecular weight is 438 g/mol. The monoisotopic (exact) mass is 437 g/mol. The first-order valence-electron chi connectivity index (χ1n) is 10.2. The van der Waals surface area contributed by atoms with Crippen molar-refractivity contribution in [2.75, 3.05) is 5.73 Å². The molecule has 2 aromatic heterocycles. The summed E-state index contributed by atoms with van der Waals surface area (Å²) >= 11 is 0. The van der Waals surface area contributed by atoms with E-state index in [1.165, 1.54) is 6.33 Å². The normalized spacial score (nSPS) is 25.2. The third-order valence-electron chi connectivity index (χ3n) is 6.91. The molecule has 2 aliphatic rings. The van der Waals surface area contributed by atoms with Crippen molar-refractivity contribution in [1.29, 1.82) is 5.26 Å². The molecule has 9 nitrogen and oxygen atoms in total. The molecule has 5 rings (SSSR count). The summed E-state index contributed by atoms with van der Waals surface area (Å²) in [4.78, 5) is 8.43. The van der Waals surface area contributed by atoms with Gasteiger partial charge in [-0.3, -0.25) is 0 Å². The molecule has 0 atom stereocenters. The van der Waals surface area contributed by atoms with Crippen LogP contribution in [0.2, 0.25) is 0 Å². The van der Waals surface area contributed by atoms with E-state index in [0.717, 1.165) is 37.7 Å². The number of hydrogen-bond donors (Lipinski definition) is 2. The maximum Gasteiger partial charge on any atom is 0.241 e. The molecule has 160 valence electrons. The predicted molar refractivity (Wildman–Crippen MR) is 114 cm³/mol. The van der Waals surface area contributed by atoms with Gasteiger partial charge in [-0.05, 0) is 62.1 Å². The van der Waals surface area contributed by atoms with E-state index in [4.69, 9.17) is 11.0 Å². The van der Waals surface area contributed by atoms with Crippen molar-refractivity contribution in [3.05, 3.63) is 36.3 Å². The van der Waals surface area contributed by atoms with Gasteiger partial charge in [-0.25, -0.2) is 27.6 Å². The van der Waals surface area contributed by atoms with Crippen LogP contribution in [-0.2, 0) is 10.0 Å². The highest BCUT2D eigenvalue weighted by atomic mass is 32.2. The van der Waals surface area contributed by atoms with Crippen molar-refractivity contribution in [2.24, 2.45) is 5.41 Å². The Morgan fingerprint density at radius 3 is 2.77 bits per heavy atom. The molecule has 31 heavy (non-hydrogen) atoms. The smallest absolute Gasteiger partial charge is 0.241 e. The summed E-state index contributed by atoms with van der Waals surface area (Å²) in [7, 11) is -3.74. The molecule has 0 amide bonds. The molecule has 1 aromatic carbocycles. The highest BCUT2D eigenvalue weighted by molar-refractivity contribution is 7.89. The molecule has 3 N–H and O–H groups in total. The van der Waals surface area contributed by atoms with Crippen LogP contribution < -0.4 is 10.5 Å². The van der Waals surface area contributed by atoms with E-state index in [-0.39, 0.29) is 16.1 Å². The Kier molecular flexibility index (Phi) is 4.32. The molecule has 2 bridgehead atoms. The predicted octanol–water partition coefficient (Wildman–Crippen LogP) is 2.58. The third kappa shape index (κ3) is 3.16.